The highest BCUT2D eigenvalue weighted by Crippen LogP contribution is 2.33. The van der Waals surface area contributed by atoms with Gasteiger partial charge in [0.25, 0.3) is 0 Å². The number of nitrogens with one attached hydrogen (secondary N) is 1. The molecule has 1 aromatic carbocycles. The summed E-state index contributed by atoms with van der Waals surface area (Å²) in [6, 6.07) is 8.06. The molecule has 1 atom stereocenters. The van der Waals surface area contributed by atoms with Crippen molar-refractivity contribution in [3.05, 3.63) is 29.8 Å². The highest BCUT2D eigenvalue weighted by molar-refractivity contribution is 5.44. The predicted molar refractivity (Wildman–Crippen MR) is 73.7 cm³/mol. The van der Waals surface area contributed by atoms with Crippen LogP contribution in [0.5, 0.6) is 11.8 Å². The van der Waals surface area contributed by atoms with Gasteiger partial charge in [0.1, 0.15) is 12.4 Å². The molecule has 3 N–H and O–H groups in total. The molecule has 1 unspecified atom stereocenters. The van der Waals surface area contributed by atoms with Gasteiger partial charge in [0.2, 0.25) is 11.9 Å². The monoisotopic (exact) mass is 273 g/mol. The summed E-state index contributed by atoms with van der Waals surface area (Å²) in [6.07, 6.45) is 0. The molecule has 0 amide bonds. The summed E-state index contributed by atoms with van der Waals surface area (Å²) in [4.78, 5) is 12.1. The van der Waals surface area contributed by atoms with E-state index in [9.17, 15) is 0 Å². The first-order valence-corrected chi connectivity index (χ1v) is 6.39. The van der Waals surface area contributed by atoms with E-state index in [4.69, 9.17) is 15.2 Å². The van der Waals surface area contributed by atoms with Gasteiger partial charge in [0.15, 0.2) is 0 Å². The van der Waals surface area contributed by atoms with Crippen LogP contribution in [0.25, 0.3) is 0 Å². The van der Waals surface area contributed by atoms with Gasteiger partial charge in [-0.2, -0.15) is 15.0 Å². The Bertz CT molecular complexity index is 619. The van der Waals surface area contributed by atoms with Gasteiger partial charge in [-0.15, -0.1) is 0 Å². The van der Waals surface area contributed by atoms with Crippen molar-refractivity contribution in [3.63, 3.8) is 0 Å². The zero-order chi connectivity index (χ0) is 13.9. The SMILES string of the molecule is CCOc1nc(N)nc(NC2COc3ccccc32)n1. The van der Waals surface area contributed by atoms with E-state index in [1.54, 1.807) is 0 Å². The summed E-state index contributed by atoms with van der Waals surface area (Å²) < 4.78 is 10.8. The molecule has 7 nitrogen and oxygen atoms in total. The Kier molecular flexibility index (Phi) is 3.24. The second-order valence-corrected chi connectivity index (χ2v) is 4.28. The lowest BCUT2D eigenvalue weighted by atomic mass is 10.1. The number of aromatic nitrogens is 3. The van der Waals surface area contributed by atoms with Gasteiger partial charge in [0.05, 0.1) is 12.6 Å². The lowest BCUT2D eigenvalue weighted by molar-refractivity contribution is 0.312. The van der Waals surface area contributed by atoms with Crippen molar-refractivity contribution >= 4 is 11.9 Å². The van der Waals surface area contributed by atoms with E-state index in [-0.39, 0.29) is 18.0 Å². The normalized spacial score (nSPS) is 16.4. The van der Waals surface area contributed by atoms with Crippen LogP contribution >= 0.6 is 0 Å². The molecule has 104 valence electrons. The maximum absolute atomic E-state index is 5.65. The lowest BCUT2D eigenvalue weighted by Gasteiger charge is -2.12. The lowest BCUT2D eigenvalue weighted by Crippen LogP contribution is -2.15. The largest absolute Gasteiger partial charge is 0.491 e. The van der Waals surface area contributed by atoms with Gasteiger partial charge in [-0.1, -0.05) is 18.2 Å². The van der Waals surface area contributed by atoms with E-state index >= 15 is 0 Å². The van der Waals surface area contributed by atoms with Crippen LogP contribution in [0, 0.1) is 0 Å². The summed E-state index contributed by atoms with van der Waals surface area (Å²) in [6.45, 7) is 2.85. The van der Waals surface area contributed by atoms with Gasteiger partial charge in [-0.25, -0.2) is 0 Å². The average Bonchev–Trinajstić information content (AvgIpc) is 2.82. The van der Waals surface area contributed by atoms with Crippen LogP contribution < -0.4 is 20.5 Å². The Hall–Kier alpha value is -2.57. The Morgan fingerprint density at radius 1 is 1.35 bits per heavy atom. The van der Waals surface area contributed by atoms with Gasteiger partial charge in [-0.05, 0) is 13.0 Å². The topological polar surface area (TPSA) is 95.2 Å². The van der Waals surface area contributed by atoms with Crippen molar-refractivity contribution in [1.29, 1.82) is 0 Å². The molecule has 2 aromatic rings. The average molecular weight is 273 g/mol. The van der Waals surface area contributed by atoms with E-state index in [0.717, 1.165) is 11.3 Å². The quantitative estimate of drug-likeness (QED) is 0.869. The van der Waals surface area contributed by atoms with E-state index in [1.807, 2.05) is 31.2 Å². The maximum atomic E-state index is 5.65. The number of hydrogen-bond donors (Lipinski definition) is 2. The summed E-state index contributed by atoms with van der Waals surface area (Å²) in [5.74, 6) is 1.38. The minimum atomic E-state index is -0.0116. The first kappa shape index (κ1) is 12.5. The van der Waals surface area contributed by atoms with Crippen LogP contribution in [0.15, 0.2) is 24.3 Å². The molecule has 2 heterocycles. The van der Waals surface area contributed by atoms with E-state index < -0.39 is 0 Å². The van der Waals surface area contributed by atoms with Crippen molar-refractivity contribution < 1.29 is 9.47 Å². The highest BCUT2D eigenvalue weighted by atomic mass is 16.5. The number of nitrogens with two attached hydrogens (primary N) is 1. The predicted octanol–water partition coefficient (Wildman–Crippen LogP) is 1.40. The molecule has 7 heteroatoms. The summed E-state index contributed by atoms with van der Waals surface area (Å²) in [7, 11) is 0. The number of para-hydroxylation sites is 1. The Morgan fingerprint density at radius 2 is 2.20 bits per heavy atom. The Balaban J connectivity index is 1.82. The van der Waals surface area contributed by atoms with E-state index in [0.29, 0.717) is 19.2 Å². The molecule has 3 rings (SSSR count). The summed E-state index contributed by atoms with van der Waals surface area (Å²) in [5, 5.41) is 3.19. The van der Waals surface area contributed by atoms with Crippen LogP contribution in [0.1, 0.15) is 18.5 Å². The fraction of sp³-hybridized carbons (Fsp3) is 0.308. The molecular formula is C13H15N5O2. The number of anilines is 2. The number of hydrogen-bond acceptors (Lipinski definition) is 7. The zero-order valence-electron chi connectivity index (χ0n) is 11.0. The molecular weight excluding hydrogens is 258 g/mol. The standard InChI is InChI=1S/C13H15N5O2/c1-2-19-13-17-11(14)16-12(18-13)15-9-7-20-10-6-4-3-5-8(9)10/h3-6,9H,2,7H2,1H3,(H3,14,15,16,17,18). The first-order chi connectivity index (χ1) is 9.76. The summed E-state index contributed by atoms with van der Waals surface area (Å²) in [5.41, 5.74) is 6.72. The van der Waals surface area contributed by atoms with Crippen LogP contribution in [0.2, 0.25) is 0 Å². The number of rotatable bonds is 4. The molecule has 0 fully saturated rings. The van der Waals surface area contributed by atoms with Crippen LogP contribution in [-0.4, -0.2) is 28.2 Å². The highest BCUT2D eigenvalue weighted by Gasteiger charge is 2.24. The third kappa shape index (κ3) is 2.42. The van der Waals surface area contributed by atoms with Crippen molar-refractivity contribution in [1.82, 2.24) is 15.0 Å². The fourth-order valence-corrected chi connectivity index (χ4v) is 2.07. The molecule has 0 radical (unpaired) electrons. The minimum absolute atomic E-state index is 0.0116. The van der Waals surface area contributed by atoms with Gasteiger partial charge in [-0.3, -0.25) is 0 Å². The number of benzene rings is 1. The molecule has 0 saturated carbocycles. The fourth-order valence-electron chi connectivity index (χ4n) is 2.07. The Morgan fingerprint density at radius 3 is 3.05 bits per heavy atom. The third-order valence-electron chi connectivity index (χ3n) is 2.91. The van der Waals surface area contributed by atoms with Crippen LogP contribution in [0.4, 0.5) is 11.9 Å². The van der Waals surface area contributed by atoms with Crippen molar-refractivity contribution in [2.75, 3.05) is 24.3 Å². The second-order valence-electron chi connectivity index (χ2n) is 4.28. The minimum Gasteiger partial charge on any atom is -0.491 e. The molecule has 0 aliphatic carbocycles. The zero-order valence-corrected chi connectivity index (χ0v) is 11.0. The number of ether oxygens (including phenoxy) is 2. The molecule has 1 aliphatic rings. The van der Waals surface area contributed by atoms with Crippen molar-refractivity contribution in [3.8, 4) is 11.8 Å². The number of nitrogens with zero attached hydrogens (tertiary/aromatic N) is 3. The van der Waals surface area contributed by atoms with E-state index in [1.165, 1.54) is 0 Å². The van der Waals surface area contributed by atoms with Crippen LogP contribution in [-0.2, 0) is 0 Å². The van der Waals surface area contributed by atoms with Crippen molar-refractivity contribution in [2.45, 2.75) is 13.0 Å². The molecule has 20 heavy (non-hydrogen) atoms. The Labute approximate surface area is 116 Å². The van der Waals surface area contributed by atoms with Gasteiger partial charge in [0, 0.05) is 5.56 Å². The number of fused-ring (bicyclic) bond motifs is 1. The molecule has 0 saturated heterocycles. The second kappa shape index (κ2) is 5.20. The maximum Gasteiger partial charge on any atom is 0.323 e. The molecule has 1 aromatic heterocycles. The molecule has 0 spiro atoms. The molecule has 1 aliphatic heterocycles. The smallest absolute Gasteiger partial charge is 0.323 e. The van der Waals surface area contributed by atoms with Crippen LogP contribution in [0.3, 0.4) is 0 Å². The van der Waals surface area contributed by atoms with Gasteiger partial charge < -0.3 is 20.5 Å². The summed E-state index contributed by atoms with van der Waals surface area (Å²) >= 11 is 0. The van der Waals surface area contributed by atoms with Crippen molar-refractivity contribution in [2.24, 2.45) is 0 Å². The number of nitrogen functional groups attached to an aromatic ring is 1. The van der Waals surface area contributed by atoms with Gasteiger partial charge >= 0.3 is 6.01 Å². The third-order valence-corrected chi connectivity index (χ3v) is 2.91. The first-order valence-electron chi connectivity index (χ1n) is 6.39. The molecule has 0 bridgehead atoms. The van der Waals surface area contributed by atoms with E-state index in [2.05, 4.69) is 20.3 Å².